The summed E-state index contributed by atoms with van der Waals surface area (Å²) in [6.45, 7) is 4.34. The van der Waals surface area contributed by atoms with Crippen LogP contribution < -0.4 is 0 Å². The van der Waals surface area contributed by atoms with E-state index < -0.39 is 0 Å². The molecular weight excluding hydrogens is 520 g/mol. The molecule has 0 aliphatic heterocycles. The third-order valence-electron chi connectivity index (χ3n) is 8.03. The minimum Gasteiger partial charge on any atom is -0.507 e. The average Bonchev–Trinajstić information content (AvgIpc) is 3.62. The van der Waals surface area contributed by atoms with Crippen LogP contribution in [0.1, 0.15) is 25.3 Å². The minimum absolute atomic E-state index is 0.137. The number of aromatic hydroxyl groups is 1. The van der Waals surface area contributed by atoms with Crippen LogP contribution in [0, 0.1) is 0 Å². The van der Waals surface area contributed by atoms with Gasteiger partial charge in [-0.2, -0.15) is 0 Å². The van der Waals surface area contributed by atoms with Crippen LogP contribution in [0.4, 0.5) is 0 Å². The van der Waals surface area contributed by atoms with Crippen molar-refractivity contribution >= 4 is 43.9 Å². The van der Waals surface area contributed by atoms with E-state index in [0.717, 1.165) is 66.2 Å². The first kappa shape index (κ1) is 24.4. The number of hydrogen-bond acceptors (Lipinski definition) is 5. The summed E-state index contributed by atoms with van der Waals surface area (Å²) in [5.74, 6) is 0.826. The van der Waals surface area contributed by atoms with Gasteiger partial charge in [0.15, 0.2) is 5.58 Å². The molecular formula is C37H26N2O3. The predicted molar refractivity (Wildman–Crippen MR) is 169 cm³/mol. The molecule has 8 rings (SSSR count). The molecule has 0 aliphatic rings. The number of nitrogens with zero attached hydrogens (tertiary/aromatic N) is 2. The molecule has 42 heavy (non-hydrogen) atoms. The fourth-order valence-corrected chi connectivity index (χ4v) is 5.87. The van der Waals surface area contributed by atoms with Crippen molar-refractivity contribution in [1.29, 1.82) is 0 Å². The second kappa shape index (κ2) is 9.32. The van der Waals surface area contributed by atoms with E-state index in [-0.39, 0.29) is 5.75 Å². The molecule has 8 aromatic rings. The number of benzene rings is 5. The van der Waals surface area contributed by atoms with E-state index in [9.17, 15) is 5.11 Å². The van der Waals surface area contributed by atoms with Gasteiger partial charge in [0, 0.05) is 33.5 Å². The second-order valence-corrected chi connectivity index (χ2v) is 11.0. The number of fused-ring (bicyclic) bond motifs is 6. The van der Waals surface area contributed by atoms with Crippen LogP contribution >= 0.6 is 0 Å². The normalized spacial score (nSPS) is 11.9. The number of phenols is 1. The van der Waals surface area contributed by atoms with E-state index in [2.05, 4.69) is 68.4 Å². The number of oxazole rings is 1. The van der Waals surface area contributed by atoms with E-state index in [0.29, 0.717) is 23.0 Å². The van der Waals surface area contributed by atoms with Crippen molar-refractivity contribution in [2.45, 2.75) is 19.8 Å². The standard InChI is InChI=1S/C37H26N2O3/c1-21(2)24-18-28(35-33(19-24)42-37(39-35)26-12-3-5-14-31(26)40)22-9-7-10-23(17-22)29-20-30-25-11-4-6-15-32(25)41-36(30)27-13-8-16-38-34(27)29/h3-21,40H,1-2H3. The van der Waals surface area contributed by atoms with Crippen LogP contribution in [-0.4, -0.2) is 15.1 Å². The molecule has 0 fully saturated rings. The molecule has 0 saturated heterocycles. The van der Waals surface area contributed by atoms with E-state index >= 15 is 0 Å². The number of rotatable bonds is 4. The summed E-state index contributed by atoms with van der Waals surface area (Å²) < 4.78 is 12.6. The molecule has 1 N–H and O–H groups in total. The highest BCUT2D eigenvalue weighted by Crippen LogP contribution is 2.41. The van der Waals surface area contributed by atoms with Gasteiger partial charge in [0.05, 0.1) is 11.1 Å². The van der Waals surface area contributed by atoms with Crippen molar-refractivity contribution in [3.05, 3.63) is 115 Å². The lowest BCUT2D eigenvalue weighted by molar-refractivity contribution is 0.474. The Kier molecular flexibility index (Phi) is 5.41. The van der Waals surface area contributed by atoms with Crippen LogP contribution in [-0.2, 0) is 0 Å². The van der Waals surface area contributed by atoms with Crippen LogP contribution in [0.25, 0.3) is 77.6 Å². The molecule has 5 heteroatoms. The van der Waals surface area contributed by atoms with E-state index in [1.165, 1.54) is 0 Å². The summed E-state index contributed by atoms with van der Waals surface area (Å²) >= 11 is 0. The van der Waals surface area contributed by atoms with E-state index in [1.807, 2.05) is 42.6 Å². The summed E-state index contributed by atoms with van der Waals surface area (Å²) in [6, 6.07) is 34.3. The van der Waals surface area contributed by atoms with Crippen molar-refractivity contribution in [3.63, 3.8) is 0 Å². The molecule has 0 spiro atoms. The first-order valence-electron chi connectivity index (χ1n) is 14.1. The quantitative estimate of drug-likeness (QED) is 0.238. The summed E-state index contributed by atoms with van der Waals surface area (Å²) in [5, 5.41) is 13.6. The Morgan fingerprint density at radius 1 is 0.619 bits per heavy atom. The molecule has 5 aromatic carbocycles. The molecule has 0 amide bonds. The number of phenolic OH excluding ortho intramolecular Hbond substituents is 1. The molecule has 3 heterocycles. The highest BCUT2D eigenvalue weighted by atomic mass is 16.4. The summed E-state index contributed by atoms with van der Waals surface area (Å²) in [6.07, 6.45) is 1.83. The van der Waals surface area contributed by atoms with Crippen molar-refractivity contribution in [2.75, 3.05) is 0 Å². The third kappa shape index (κ3) is 3.78. The Labute approximate surface area is 241 Å². The fourth-order valence-electron chi connectivity index (χ4n) is 5.87. The monoisotopic (exact) mass is 546 g/mol. The lowest BCUT2D eigenvalue weighted by Crippen LogP contribution is -1.91. The SMILES string of the molecule is CC(C)c1cc(-c2cccc(-c3cc4c5ccccc5oc4c4cccnc34)c2)c2nc(-c3ccccc3O)oc2c1. The second-order valence-electron chi connectivity index (χ2n) is 11.0. The van der Waals surface area contributed by atoms with Crippen molar-refractivity contribution in [1.82, 2.24) is 9.97 Å². The lowest BCUT2D eigenvalue weighted by atomic mass is 9.93. The van der Waals surface area contributed by atoms with Gasteiger partial charge in [-0.15, -0.1) is 0 Å². The van der Waals surface area contributed by atoms with Crippen LogP contribution in [0.5, 0.6) is 5.75 Å². The van der Waals surface area contributed by atoms with Gasteiger partial charge < -0.3 is 13.9 Å². The Hall–Kier alpha value is -5.42. The van der Waals surface area contributed by atoms with Crippen molar-refractivity contribution < 1.29 is 13.9 Å². The average molecular weight is 547 g/mol. The molecule has 0 radical (unpaired) electrons. The molecule has 0 atom stereocenters. The van der Waals surface area contributed by atoms with Gasteiger partial charge in [-0.3, -0.25) is 4.98 Å². The maximum atomic E-state index is 10.5. The fraction of sp³-hybridized carbons (Fsp3) is 0.0811. The van der Waals surface area contributed by atoms with E-state index in [4.69, 9.17) is 18.8 Å². The Morgan fingerprint density at radius 2 is 1.38 bits per heavy atom. The molecule has 202 valence electrons. The van der Waals surface area contributed by atoms with Crippen molar-refractivity contribution in [3.8, 4) is 39.5 Å². The predicted octanol–water partition coefficient (Wildman–Crippen LogP) is 10.1. The van der Waals surface area contributed by atoms with E-state index in [1.54, 1.807) is 12.1 Å². The molecule has 5 nitrogen and oxygen atoms in total. The summed E-state index contributed by atoms with van der Waals surface area (Å²) in [7, 11) is 0. The van der Waals surface area contributed by atoms with Gasteiger partial charge in [-0.05, 0) is 77.2 Å². The van der Waals surface area contributed by atoms with Gasteiger partial charge in [0.25, 0.3) is 0 Å². The third-order valence-corrected chi connectivity index (χ3v) is 8.03. The first-order valence-corrected chi connectivity index (χ1v) is 14.1. The minimum atomic E-state index is 0.137. The van der Waals surface area contributed by atoms with Crippen LogP contribution in [0.15, 0.2) is 118 Å². The molecule has 0 bridgehead atoms. The molecule has 0 saturated carbocycles. The zero-order chi connectivity index (χ0) is 28.4. The highest BCUT2D eigenvalue weighted by Gasteiger charge is 2.19. The lowest BCUT2D eigenvalue weighted by Gasteiger charge is -2.12. The van der Waals surface area contributed by atoms with Gasteiger partial charge >= 0.3 is 0 Å². The highest BCUT2D eigenvalue weighted by molar-refractivity contribution is 6.18. The van der Waals surface area contributed by atoms with Gasteiger partial charge in [-0.25, -0.2) is 4.98 Å². The zero-order valence-corrected chi connectivity index (χ0v) is 23.1. The molecule has 0 aliphatic carbocycles. The topological polar surface area (TPSA) is 72.3 Å². The van der Waals surface area contributed by atoms with Gasteiger partial charge in [0.1, 0.15) is 22.4 Å². The van der Waals surface area contributed by atoms with Gasteiger partial charge in [-0.1, -0.05) is 62.4 Å². The number of aromatic nitrogens is 2. The molecule has 3 aromatic heterocycles. The summed E-state index contributed by atoms with van der Waals surface area (Å²) in [5.41, 5.74) is 9.88. The largest absolute Gasteiger partial charge is 0.507 e. The van der Waals surface area contributed by atoms with Crippen LogP contribution in [0.2, 0.25) is 0 Å². The Bertz CT molecular complexity index is 2310. The smallest absolute Gasteiger partial charge is 0.231 e. The summed E-state index contributed by atoms with van der Waals surface area (Å²) in [4.78, 5) is 9.69. The van der Waals surface area contributed by atoms with Crippen molar-refractivity contribution in [2.24, 2.45) is 0 Å². The maximum Gasteiger partial charge on any atom is 0.231 e. The number of para-hydroxylation sites is 2. The van der Waals surface area contributed by atoms with Gasteiger partial charge in [0.2, 0.25) is 5.89 Å². The zero-order valence-electron chi connectivity index (χ0n) is 23.1. The van der Waals surface area contributed by atoms with Crippen LogP contribution in [0.3, 0.4) is 0 Å². The first-order chi connectivity index (χ1) is 20.5. The number of pyridine rings is 1. The number of furan rings is 1. The number of hydrogen-bond donors (Lipinski definition) is 1. The molecule has 0 unspecified atom stereocenters. The maximum absolute atomic E-state index is 10.5. The Morgan fingerprint density at radius 3 is 2.21 bits per heavy atom. The Balaban J connectivity index is 1.36.